The predicted molar refractivity (Wildman–Crippen MR) is 58.5 cm³/mol. The standard InChI is InChI=1S/C12H12F2NO3/c13-8-2-1-6(9(14)10(8)16)5-7-3-4-18-11(7)12(15)17/h1-2,5,7,11,16H,3-4H2,(H2,15,17). The molecule has 1 aromatic rings. The fourth-order valence-electron chi connectivity index (χ4n) is 1.99. The van der Waals surface area contributed by atoms with E-state index in [2.05, 4.69) is 0 Å². The quantitative estimate of drug-likeness (QED) is 0.851. The van der Waals surface area contributed by atoms with Gasteiger partial charge in [-0.05, 0) is 18.1 Å². The zero-order valence-electron chi connectivity index (χ0n) is 9.40. The number of benzene rings is 1. The summed E-state index contributed by atoms with van der Waals surface area (Å²) < 4.78 is 31.6. The highest BCUT2D eigenvalue weighted by Crippen LogP contribution is 2.30. The lowest BCUT2D eigenvalue weighted by molar-refractivity contribution is -0.127. The molecule has 6 heteroatoms. The molecular formula is C12H12F2NO3. The fraction of sp³-hybridized carbons (Fsp3) is 0.333. The monoisotopic (exact) mass is 256 g/mol. The second-order valence-electron chi connectivity index (χ2n) is 4.11. The lowest BCUT2D eigenvalue weighted by Crippen LogP contribution is -2.33. The molecule has 2 unspecified atom stereocenters. The van der Waals surface area contributed by atoms with Crippen molar-refractivity contribution in [1.82, 2.24) is 0 Å². The van der Waals surface area contributed by atoms with Gasteiger partial charge in [-0.1, -0.05) is 6.07 Å². The molecule has 1 aliphatic rings. The molecule has 97 valence electrons. The molecule has 1 radical (unpaired) electrons. The maximum absolute atomic E-state index is 13.6. The van der Waals surface area contributed by atoms with Crippen molar-refractivity contribution in [2.45, 2.75) is 12.5 Å². The summed E-state index contributed by atoms with van der Waals surface area (Å²) in [5.41, 5.74) is 5.17. The van der Waals surface area contributed by atoms with Gasteiger partial charge in [0, 0.05) is 18.9 Å². The Hall–Kier alpha value is -1.69. The molecular weight excluding hydrogens is 244 g/mol. The molecule has 0 spiro atoms. The van der Waals surface area contributed by atoms with Gasteiger partial charge in [0.25, 0.3) is 0 Å². The van der Waals surface area contributed by atoms with Crippen LogP contribution in [-0.2, 0) is 9.53 Å². The Morgan fingerprint density at radius 3 is 2.89 bits per heavy atom. The minimum Gasteiger partial charge on any atom is -0.503 e. The Bertz CT molecular complexity index is 479. The van der Waals surface area contributed by atoms with Crippen LogP contribution in [0.3, 0.4) is 0 Å². The first kappa shape index (κ1) is 12.8. The maximum atomic E-state index is 13.6. The van der Waals surface area contributed by atoms with Crippen LogP contribution < -0.4 is 5.73 Å². The van der Waals surface area contributed by atoms with Crippen molar-refractivity contribution in [3.63, 3.8) is 0 Å². The Kier molecular flexibility index (Phi) is 3.47. The summed E-state index contributed by atoms with van der Waals surface area (Å²) in [6.07, 6.45) is 1.14. The van der Waals surface area contributed by atoms with Crippen LogP contribution in [0.2, 0.25) is 0 Å². The first-order chi connectivity index (χ1) is 8.50. The van der Waals surface area contributed by atoms with Crippen LogP contribution in [0.25, 0.3) is 0 Å². The predicted octanol–water partition coefficient (Wildman–Crippen LogP) is 1.11. The van der Waals surface area contributed by atoms with Gasteiger partial charge in [0.15, 0.2) is 17.4 Å². The molecule has 3 N–H and O–H groups in total. The van der Waals surface area contributed by atoms with Crippen molar-refractivity contribution >= 4 is 5.91 Å². The van der Waals surface area contributed by atoms with Crippen molar-refractivity contribution in [2.75, 3.05) is 6.61 Å². The second kappa shape index (κ2) is 4.89. The number of hydrogen-bond donors (Lipinski definition) is 2. The molecule has 0 aromatic heterocycles. The van der Waals surface area contributed by atoms with Crippen molar-refractivity contribution in [2.24, 2.45) is 11.7 Å². The van der Waals surface area contributed by atoms with Crippen LogP contribution in [0.1, 0.15) is 12.0 Å². The number of nitrogens with two attached hydrogens (primary N) is 1. The van der Waals surface area contributed by atoms with Crippen LogP contribution in [0.15, 0.2) is 12.1 Å². The fourth-order valence-corrected chi connectivity index (χ4v) is 1.99. The average Bonchev–Trinajstić information content (AvgIpc) is 2.78. The largest absolute Gasteiger partial charge is 0.503 e. The Labute approximate surface area is 102 Å². The third kappa shape index (κ3) is 2.28. The summed E-state index contributed by atoms with van der Waals surface area (Å²) in [7, 11) is 0. The van der Waals surface area contributed by atoms with E-state index in [0.29, 0.717) is 13.0 Å². The molecule has 1 aliphatic heterocycles. The minimum absolute atomic E-state index is 0.0238. The molecule has 2 rings (SSSR count). The van der Waals surface area contributed by atoms with Crippen LogP contribution in [0.4, 0.5) is 8.78 Å². The van der Waals surface area contributed by atoms with Gasteiger partial charge in [-0.3, -0.25) is 4.79 Å². The minimum atomic E-state index is -1.05. The first-order valence-corrected chi connectivity index (χ1v) is 5.43. The summed E-state index contributed by atoms with van der Waals surface area (Å²) in [5.74, 6) is -4.11. The highest BCUT2D eigenvalue weighted by atomic mass is 19.1. The zero-order chi connectivity index (χ0) is 13.3. The van der Waals surface area contributed by atoms with Crippen LogP contribution in [-0.4, -0.2) is 23.7 Å². The van der Waals surface area contributed by atoms with Gasteiger partial charge >= 0.3 is 0 Å². The normalized spacial score (nSPS) is 23.2. The Morgan fingerprint density at radius 1 is 1.50 bits per heavy atom. The number of amides is 1. The van der Waals surface area contributed by atoms with Gasteiger partial charge in [-0.15, -0.1) is 0 Å². The van der Waals surface area contributed by atoms with E-state index < -0.39 is 29.4 Å². The number of carbonyl (C=O) groups excluding carboxylic acids is 1. The molecule has 0 saturated carbocycles. The van der Waals surface area contributed by atoms with Gasteiger partial charge in [-0.25, -0.2) is 8.78 Å². The number of hydrogen-bond acceptors (Lipinski definition) is 3. The van der Waals surface area contributed by atoms with E-state index in [9.17, 15) is 13.6 Å². The first-order valence-electron chi connectivity index (χ1n) is 5.43. The van der Waals surface area contributed by atoms with Crippen molar-refractivity contribution in [3.05, 3.63) is 35.8 Å². The SMILES string of the molecule is NC(=O)C1OCCC1[CH]c1ccc(F)c(O)c1F. The number of ether oxygens (including phenoxy) is 1. The molecule has 18 heavy (non-hydrogen) atoms. The lowest BCUT2D eigenvalue weighted by Gasteiger charge is -2.15. The summed E-state index contributed by atoms with van der Waals surface area (Å²) >= 11 is 0. The highest BCUT2D eigenvalue weighted by Gasteiger charge is 2.33. The summed E-state index contributed by atoms with van der Waals surface area (Å²) in [5, 5.41) is 9.14. The maximum Gasteiger partial charge on any atom is 0.246 e. The number of halogens is 2. The second-order valence-corrected chi connectivity index (χ2v) is 4.11. The average molecular weight is 256 g/mol. The molecule has 4 nitrogen and oxygen atoms in total. The van der Waals surface area contributed by atoms with Gasteiger partial charge in [0.2, 0.25) is 5.91 Å². The smallest absolute Gasteiger partial charge is 0.246 e. The summed E-state index contributed by atoms with van der Waals surface area (Å²) in [6, 6.07) is 2.15. The molecule has 0 aliphatic carbocycles. The third-order valence-electron chi connectivity index (χ3n) is 2.91. The van der Waals surface area contributed by atoms with Crippen molar-refractivity contribution in [3.8, 4) is 5.75 Å². The number of primary amides is 1. The summed E-state index contributed by atoms with van der Waals surface area (Å²) in [4.78, 5) is 11.1. The van der Waals surface area contributed by atoms with Crippen molar-refractivity contribution < 1.29 is 23.4 Å². The van der Waals surface area contributed by atoms with Crippen molar-refractivity contribution in [1.29, 1.82) is 0 Å². The highest BCUT2D eigenvalue weighted by molar-refractivity contribution is 5.79. The van der Waals surface area contributed by atoms with E-state index in [1.165, 1.54) is 12.5 Å². The number of aromatic hydroxyl groups is 1. The molecule has 1 aromatic carbocycles. The van der Waals surface area contributed by atoms with E-state index >= 15 is 0 Å². The van der Waals surface area contributed by atoms with E-state index in [4.69, 9.17) is 15.6 Å². The van der Waals surface area contributed by atoms with Gasteiger partial charge in [-0.2, -0.15) is 0 Å². The topological polar surface area (TPSA) is 72.6 Å². The van der Waals surface area contributed by atoms with Gasteiger partial charge in [0.1, 0.15) is 6.10 Å². The van der Waals surface area contributed by atoms with E-state index in [0.717, 1.165) is 6.07 Å². The van der Waals surface area contributed by atoms with Crippen LogP contribution in [0.5, 0.6) is 5.75 Å². The zero-order valence-corrected chi connectivity index (χ0v) is 9.40. The lowest BCUT2D eigenvalue weighted by atomic mass is 9.92. The molecule has 1 heterocycles. The van der Waals surface area contributed by atoms with Gasteiger partial charge in [0.05, 0.1) is 0 Å². The van der Waals surface area contributed by atoms with Crippen LogP contribution in [0, 0.1) is 24.0 Å². The number of rotatable bonds is 3. The number of phenols is 1. The Morgan fingerprint density at radius 2 is 2.22 bits per heavy atom. The molecule has 1 saturated heterocycles. The molecule has 1 amide bonds. The Balaban J connectivity index is 2.19. The third-order valence-corrected chi connectivity index (χ3v) is 2.91. The van der Waals surface area contributed by atoms with Gasteiger partial charge < -0.3 is 15.6 Å². The molecule has 0 bridgehead atoms. The number of phenolic OH excluding ortho intramolecular Hbond substituents is 1. The van der Waals surface area contributed by atoms with Crippen LogP contribution >= 0.6 is 0 Å². The number of carbonyl (C=O) groups is 1. The van der Waals surface area contributed by atoms with E-state index in [1.54, 1.807) is 0 Å². The molecule has 1 fully saturated rings. The van der Waals surface area contributed by atoms with E-state index in [1.807, 2.05) is 0 Å². The summed E-state index contributed by atoms with van der Waals surface area (Å²) in [6.45, 7) is 0.351. The molecule has 2 atom stereocenters. The van der Waals surface area contributed by atoms with E-state index in [-0.39, 0.29) is 11.5 Å².